The van der Waals surface area contributed by atoms with Crippen molar-refractivity contribution in [3.63, 3.8) is 0 Å². The van der Waals surface area contributed by atoms with E-state index in [2.05, 4.69) is 27.7 Å². The van der Waals surface area contributed by atoms with Crippen LogP contribution >= 0.6 is 0 Å². The number of hydrogen-bond acceptors (Lipinski definition) is 6. The van der Waals surface area contributed by atoms with Gasteiger partial charge in [0.25, 0.3) is 0 Å². The first-order chi connectivity index (χ1) is 22.8. The van der Waals surface area contributed by atoms with E-state index < -0.39 is 0 Å². The van der Waals surface area contributed by atoms with Gasteiger partial charge in [0.1, 0.15) is 23.8 Å². The summed E-state index contributed by atoms with van der Waals surface area (Å²) in [6, 6.07) is 0. The van der Waals surface area contributed by atoms with Gasteiger partial charge in [-0.1, -0.05) is 27.7 Å². The number of ketones is 2. The molecular formula is C42H62O6. The fourth-order valence-electron chi connectivity index (χ4n) is 14.9. The molecule has 0 aromatic carbocycles. The Morgan fingerprint density at radius 3 is 1.38 bits per heavy atom. The molecule has 0 N–H and O–H groups in total. The maximum atomic E-state index is 13.0. The average Bonchev–Trinajstić information content (AvgIpc) is 3.54. The van der Waals surface area contributed by atoms with Crippen molar-refractivity contribution < 1.29 is 28.7 Å². The molecule has 0 aromatic rings. The van der Waals surface area contributed by atoms with E-state index in [1.807, 2.05) is 0 Å². The third-order valence-electron chi connectivity index (χ3n) is 17.8. The topological polar surface area (TPSA) is 86.7 Å². The van der Waals surface area contributed by atoms with Crippen molar-refractivity contribution in [3.8, 4) is 0 Å². The average molecular weight is 663 g/mol. The van der Waals surface area contributed by atoms with Gasteiger partial charge in [-0.05, 0) is 161 Å². The molecule has 8 fully saturated rings. The van der Waals surface area contributed by atoms with Crippen molar-refractivity contribution in [2.45, 2.75) is 168 Å². The molecule has 48 heavy (non-hydrogen) atoms. The summed E-state index contributed by atoms with van der Waals surface area (Å²) >= 11 is 0. The number of fused-ring (bicyclic) bond motifs is 10. The van der Waals surface area contributed by atoms with E-state index >= 15 is 0 Å². The van der Waals surface area contributed by atoms with E-state index in [1.165, 1.54) is 38.5 Å². The molecule has 0 bridgehead atoms. The van der Waals surface area contributed by atoms with Crippen LogP contribution < -0.4 is 0 Å². The van der Waals surface area contributed by atoms with E-state index in [0.29, 0.717) is 58.9 Å². The summed E-state index contributed by atoms with van der Waals surface area (Å²) in [5.74, 6) is 5.53. The number of esters is 2. The highest BCUT2D eigenvalue weighted by atomic mass is 16.6. The Balaban J connectivity index is 0.791. The number of carbonyl (C=O) groups excluding carboxylic acids is 4. The number of carbonyl (C=O) groups is 4. The minimum absolute atomic E-state index is 0.0452. The Hall–Kier alpha value is -1.72. The van der Waals surface area contributed by atoms with Crippen LogP contribution in [0.1, 0.15) is 156 Å². The highest BCUT2D eigenvalue weighted by molar-refractivity contribution is 5.87. The van der Waals surface area contributed by atoms with Gasteiger partial charge < -0.3 is 9.47 Å². The van der Waals surface area contributed by atoms with Gasteiger partial charge in [-0.3, -0.25) is 19.2 Å². The van der Waals surface area contributed by atoms with Crippen LogP contribution in [-0.4, -0.2) is 35.7 Å². The lowest BCUT2D eigenvalue weighted by molar-refractivity contribution is -0.168. The van der Waals surface area contributed by atoms with Gasteiger partial charge in [0, 0.05) is 23.7 Å². The number of Topliss-reactive ketones (excluding diaryl/α,β-unsaturated/α-hetero) is 2. The van der Waals surface area contributed by atoms with Crippen molar-refractivity contribution in [1.29, 1.82) is 0 Å². The molecule has 8 aliphatic carbocycles. The van der Waals surface area contributed by atoms with Crippen LogP contribution in [-0.2, 0) is 28.7 Å². The Morgan fingerprint density at radius 1 is 0.542 bits per heavy atom. The van der Waals surface area contributed by atoms with Crippen LogP contribution in [0.2, 0.25) is 0 Å². The highest BCUT2D eigenvalue weighted by Crippen LogP contribution is 2.67. The zero-order chi connectivity index (χ0) is 33.6. The summed E-state index contributed by atoms with van der Waals surface area (Å²) in [6.45, 7) is 9.52. The first-order valence-electron chi connectivity index (χ1n) is 20.3. The molecule has 0 radical (unpaired) electrons. The lowest BCUT2D eigenvalue weighted by Gasteiger charge is -2.60. The van der Waals surface area contributed by atoms with E-state index in [0.717, 1.165) is 77.0 Å². The Bertz CT molecular complexity index is 1240. The fraction of sp³-hybridized carbons (Fsp3) is 0.905. The number of hydrogen-bond donors (Lipinski definition) is 0. The first kappa shape index (κ1) is 33.4. The van der Waals surface area contributed by atoms with Gasteiger partial charge >= 0.3 is 11.9 Å². The smallest absolute Gasteiger partial charge is 0.306 e. The minimum Gasteiger partial charge on any atom is -0.462 e. The maximum Gasteiger partial charge on any atom is 0.306 e. The zero-order valence-electron chi connectivity index (χ0n) is 30.4. The molecule has 6 heteroatoms. The van der Waals surface area contributed by atoms with Crippen molar-refractivity contribution in [3.05, 3.63) is 0 Å². The quantitative estimate of drug-likeness (QED) is 0.274. The highest BCUT2D eigenvalue weighted by Gasteiger charge is 2.62. The molecule has 0 saturated heterocycles. The standard InChI is InChI=1S/C42H62O6/c1-39-19-15-27(23-25(39)5-7-29-31-9-11-35(43)41(31,3)21-17-33(29)39)47-37(45)13-14-38(46)48-28-16-20-40(2)26(24-28)6-8-30-32-10-12-36(44)42(32,4)22-18-34(30)40/h25-34H,5-24H2,1-4H3/t25?,26?,27?,28?,29-,30-,31-,32-,33+,34+,39-,40-,41-,42-/m0/s1. The Morgan fingerprint density at radius 2 is 0.958 bits per heavy atom. The number of ether oxygens (including phenoxy) is 2. The molecule has 0 aromatic heterocycles. The van der Waals surface area contributed by atoms with Gasteiger partial charge in [-0.15, -0.1) is 0 Å². The van der Waals surface area contributed by atoms with E-state index in [1.54, 1.807) is 0 Å². The molecular weight excluding hydrogens is 600 g/mol. The zero-order valence-corrected chi connectivity index (χ0v) is 30.4. The SMILES string of the molecule is C[C@]12CCC(OC(=O)CCC(=O)OC3CC[C@@]4(C)C(CC[C@@H]5[C@H]4CC[C@]4(C)C(=O)CC[C@@H]54)C3)CC1CC[C@@H]1[C@H]2CC[C@]2(C)C(=O)CC[C@@H]12. The van der Waals surface area contributed by atoms with Crippen LogP contribution in [0.5, 0.6) is 0 Å². The van der Waals surface area contributed by atoms with Gasteiger partial charge in [0.05, 0.1) is 12.8 Å². The predicted octanol–water partition coefficient (Wildman–Crippen LogP) is 8.81. The predicted molar refractivity (Wildman–Crippen MR) is 182 cm³/mol. The molecule has 8 aliphatic rings. The summed E-state index contributed by atoms with van der Waals surface area (Å²) in [6.07, 6.45) is 19.0. The van der Waals surface area contributed by atoms with Crippen LogP contribution in [0.4, 0.5) is 0 Å². The van der Waals surface area contributed by atoms with Crippen LogP contribution in [0.25, 0.3) is 0 Å². The molecule has 8 saturated carbocycles. The van der Waals surface area contributed by atoms with E-state index in [9.17, 15) is 19.2 Å². The van der Waals surface area contributed by atoms with Crippen LogP contribution in [0.15, 0.2) is 0 Å². The normalized spacial score (nSPS) is 51.0. The summed E-state index contributed by atoms with van der Waals surface area (Å²) in [5.41, 5.74) is 0.411. The second-order valence-electron chi connectivity index (χ2n) is 19.4. The Labute approximate surface area is 289 Å². The third kappa shape index (κ3) is 5.12. The van der Waals surface area contributed by atoms with Gasteiger partial charge in [-0.2, -0.15) is 0 Å². The summed E-state index contributed by atoms with van der Waals surface area (Å²) < 4.78 is 12.1. The van der Waals surface area contributed by atoms with E-state index in [4.69, 9.17) is 9.47 Å². The molecule has 0 spiro atoms. The molecule has 6 nitrogen and oxygen atoms in total. The van der Waals surface area contributed by atoms with Crippen molar-refractivity contribution in [1.82, 2.24) is 0 Å². The van der Waals surface area contributed by atoms with E-state index in [-0.39, 0.29) is 58.6 Å². The monoisotopic (exact) mass is 662 g/mol. The lowest BCUT2D eigenvalue weighted by atomic mass is 9.45. The maximum absolute atomic E-state index is 13.0. The van der Waals surface area contributed by atoms with Crippen LogP contribution in [0.3, 0.4) is 0 Å². The van der Waals surface area contributed by atoms with Crippen molar-refractivity contribution >= 4 is 23.5 Å². The second-order valence-corrected chi connectivity index (χ2v) is 19.4. The number of rotatable bonds is 5. The summed E-state index contributed by atoms with van der Waals surface area (Å²) in [7, 11) is 0. The van der Waals surface area contributed by atoms with Crippen LogP contribution in [0, 0.1) is 69.0 Å². The molecule has 0 amide bonds. The van der Waals surface area contributed by atoms with Gasteiger partial charge in [-0.25, -0.2) is 0 Å². The largest absolute Gasteiger partial charge is 0.462 e. The van der Waals surface area contributed by atoms with Gasteiger partial charge in [0.15, 0.2) is 0 Å². The van der Waals surface area contributed by atoms with Crippen molar-refractivity contribution in [2.24, 2.45) is 69.0 Å². The molecule has 266 valence electrons. The minimum atomic E-state index is -0.253. The fourth-order valence-corrected chi connectivity index (χ4v) is 14.9. The van der Waals surface area contributed by atoms with Gasteiger partial charge in [0.2, 0.25) is 0 Å². The first-order valence-corrected chi connectivity index (χ1v) is 20.3. The Kier molecular flexibility index (Phi) is 8.30. The molecule has 0 aliphatic heterocycles. The summed E-state index contributed by atoms with van der Waals surface area (Å²) in [5, 5.41) is 0. The third-order valence-corrected chi connectivity index (χ3v) is 17.8. The molecule has 14 atom stereocenters. The lowest BCUT2D eigenvalue weighted by Crippen LogP contribution is -2.54. The molecule has 0 heterocycles. The summed E-state index contributed by atoms with van der Waals surface area (Å²) in [4.78, 5) is 51.5. The molecule has 4 unspecified atom stereocenters. The molecule has 8 rings (SSSR count). The van der Waals surface area contributed by atoms with Crippen molar-refractivity contribution in [2.75, 3.05) is 0 Å². The second kappa shape index (κ2) is 11.9.